The van der Waals surface area contributed by atoms with Crippen LogP contribution in [0.1, 0.15) is 12.5 Å². The van der Waals surface area contributed by atoms with Gasteiger partial charge in [0.15, 0.2) is 0 Å². The van der Waals surface area contributed by atoms with Crippen LogP contribution >= 0.6 is 0 Å². The van der Waals surface area contributed by atoms with E-state index in [9.17, 15) is 9.59 Å². The Hall–Kier alpha value is -3.07. The lowest BCUT2D eigenvalue weighted by molar-refractivity contribution is -0.123. The van der Waals surface area contributed by atoms with Crippen molar-refractivity contribution in [1.82, 2.24) is 10.6 Å². The summed E-state index contributed by atoms with van der Waals surface area (Å²) < 4.78 is 4.58. The molecule has 2 aromatic carbocycles. The SMILES string of the molecule is COC(=O)NC(Cc1ccc2ccccc2c1)C(=O)NC(C)C#N. The largest absolute Gasteiger partial charge is 0.453 e. The van der Waals surface area contributed by atoms with Crippen LogP contribution in [0.4, 0.5) is 4.79 Å². The summed E-state index contributed by atoms with van der Waals surface area (Å²) in [5, 5.41) is 16.0. The minimum atomic E-state index is -0.825. The van der Waals surface area contributed by atoms with Crippen LogP contribution in [0, 0.1) is 11.3 Å². The Balaban J connectivity index is 2.20. The van der Waals surface area contributed by atoms with Gasteiger partial charge < -0.3 is 15.4 Å². The topological polar surface area (TPSA) is 91.2 Å². The normalized spacial score (nSPS) is 12.7. The van der Waals surface area contributed by atoms with Gasteiger partial charge >= 0.3 is 6.09 Å². The standard InChI is InChI=1S/C18H19N3O3/c1-12(11-19)20-17(22)16(21-18(23)24-2)10-13-7-8-14-5-3-4-6-15(14)9-13/h3-9,12,16H,10H2,1-2H3,(H,20,22)(H,21,23). The molecular weight excluding hydrogens is 306 g/mol. The van der Waals surface area contributed by atoms with Crippen LogP contribution < -0.4 is 10.6 Å². The average molecular weight is 325 g/mol. The van der Waals surface area contributed by atoms with Crippen molar-refractivity contribution in [2.75, 3.05) is 7.11 Å². The lowest BCUT2D eigenvalue weighted by Gasteiger charge is -2.19. The maximum absolute atomic E-state index is 12.3. The van der Waals surface area contributed by atoms with E-state index in [4.69, 9.17) is 5.26 Å². The highest BCUT2D eigenvalue weighted by Crippen LogP contribution is 2.16. The highest BCUT2D eigenvalue weighted by Gasteiger charge is 2.23. The molecule has 0 radical (unpaired) electrons. The minimum Gasteiger partial charge on any atom is -0.453 e. The summed E-state index contributed by atoms with van der Waals surface area (Å²) in [6.45, 7) is 1.57. The zero-order valence-corrected chi connectivity index (χ0v) is 13.6. The predicted molar refractivity (Wildman–Crippen MR) is 90.2 cm³/mol. The quantitative estimate of drug-likeness (QED) is 0.881. The number of hydrogen-bond acceptors (Lipinski definition) is 4. The Bertz CT molecular complexity index is 782. The van der Waals surface area contributed by atoms with Gasteiger partial charge in [0.1, 0.15) is 12.1 Å². The molecule has 0 spiro atoms. The average Bonchev–Trinajstić information content (AvgIpc) is 2.60. The third-order valence-electron chi connectivity index (χ3n) is 3.60. The molecule has 2 N–H and O–H groups in total. The fourth-order valence-corrected chi connectivity index (χ4v) is 2.36. The van der Waals surface area contributed by atoms with E-state index in [0.717, 1.165) is 16.3 Å². The number of rotatable bonds is 5. The lowest BCUT2D eigenvalue weighted by atomic mass is 10.0. The lowest BCUT2D eigenvalue weighted by Crippen LogP contribution is -2.49. The fourth-order valence-electron chi connectivity index (χ4n) is 2.36. The van der Waals surface area contributed by atoms with E-state index in [2.05, 4.69) is 15.4 Å². The van der Waals surface area contributed by atoms with E-state index in [1.54, 1.807) is 6.92 Å². The monoisotopic (exact) mass is 325 g/mol. The number of fused-ring (bicyclic) bond motifs is 1. The molecule has 0 saturated carbocycles. The van der Waals surface area contributed by atoms with Gasteiger partial charge in [0.05, 0.1) is 13.2 Å². The molecule has 0 bridgehead atoms. The second kappa shape index (κ2) is 7.97. The van der Waals surface area contributed by atoms with Crippen molar-refractivity contribution in [2.45, 2.75) is 25.4 Å². The molecule has 124 valence electrons. The summed E-state index contributed by atoms with van der Waals surface area (Å²) >= 11 is 0. The van der Waals surface area contributed by atoms with E-state index in [1.165, 1.54) is 7.11 Å². The van der Waals surface area contributed by atoms with E-state index in [0.29, 0.717) is 6.42 Å². The number of nitrogens with zero attached hydrogens (tertiary/aromatic N) is 1. The molecule has 0 aromatic heterocycles. The summed E-state index contributed by atoms with van der Waals surface area (Å²) in [6.07, 6.45) is -0.398. The molecule has 2 aromatic rings. The van der Waals surface area contributed by atoms with Gasteiger partial charge in [-0.05, 0) is 23.3 Å². The third kappa shape index (κ3) is 4.46. The predicted octanol–water partition coefficient (Wildman–Crippen LogP) is 2.14. The molecule has 0 saturated heterocycles. The molecule has 6 nitrogen and oxygen atoms in total. The van der Waals surface area contributed by atoms with E-state index < -0.39 is 24.1 Å². The van der Waals surface area contributed by atoms with Crippen LogP contribution in [-0.4, -0.2) is 31.2 Å². The number of hydrogen-bond donors (Lipinski definition) is 2. The zero-order chi connectivity index (χ0) is 17.5. The molecule has 2 rings (SSSR count). The summed E-state index contributed by atoms with van der Waals surface area (Å²) in [7, 11) is 1.23. The second-order valence-electron chi connectivity index (χ2n) is 5.43. The van der Waals surface area contributed by atoms with Crippen LogP contribution in [0.2, 0.25) is 0 Å². The molecule has 0 heterocycles. The summed E-state index contributed by atoms with van der Waals surface area (Å²) in [6, 6.07) is 14.2. The number of methoxy groups -OCH3 is 1. The Labute approximate surface area is 140 Å². The highest BCUT2D eigenvalue weighted by atomic mass is 16.5. The molecule has 24 heavy (non-hydrogen) atoms. The van der Waals surface area contributed by atoms with Crippen molar-refractivity contribution >= 4 is 22.8 Å². The Morgan fingerprint density at radius 1 is 1.17 bits per heavy atom. The summed E-state index contributed by atoms with van der Waals surface area (Å²) in [4.78, 5) is 23.8. The van der Waals surface area contributed by atoms with Gasteiger partial charge in [-0.25, -0.2) is 4.79 Å². The van der Waals surface area contributed by atoms with E-state index in [-0.39, 0.29) is 0 Å². The number of nitriles is 1. The first-order chi connectivity index (χ1) is 11.5. The number of ether oxygens (including phenoxy) is 1. The van der Waals surface area contributed by atoms with Gasteiger partial charge in [-0.2, -0.15) is 5.26 Å². The molecule has 0 aliphatic carbocycles. The van der Waals surface area contributed by atoms with Crippen LogP contribution in [0.15, 0.2) is 42.5 Å². The molecule has 6 heteroatoms. The number of amides is 2. The fraction of sp³-hybridized carbons (Fsp3) is 0.278. The van der Waals surface area contributed by atoms with Crippen LogP contribution in [0.3, 0.4) is 0 Å². The van der Waals surface area contributed by atoms with Gasteiger partial charge in [0.2, 0.25) is 5.91 Å². The Kier molecular flexibility index (Phi) is 5.74. The molecule has 2 atom stereocenters. The second-order valence-corrected chi connectivity index (χ2v) is 5.43. The van der Waals surface area contributed by atoms with E-state index >= 15 is 0 Å². The first-order valence-corrected chi connectivity index (χ1v) is 7.55. The number of carbonyl (C=O) groups excluding carboxylic acids is 2. The van der Waals surface area contributed by atoms with Crippen molar-refractivity contribution in [2.24, 2.45) is 0 Å². The highest BCUT2D eigenvalue weighted by molar-refractivity contribution is 5.87. The van der Waals surface area contributed by atoms with Crippen molar-refractivity contribution in [3.63, 3.8) is 0 Å². The number of alkyl carbamates (subject to hydrolysis) is 1. The molecule has 0 aliphatic rings. The van der Waals surface area contributed by atoms with Crippen molar-refractivity contribution < 1.29 is 14.3 Å². The Morgan fingerprint density at radius 3 is 2.54 bits per heavy atom. The molecule has 0 fully saturated rings. The third-order valence-corrected chi connectivity index (χ3v) is 3.60. The zero-order valence-electron chi connectivity index (χ0n) is 13.6. The summed E-state index contributed by atoms with van der Waals surface area (Å²) in [5.74, 6) is -0.428. The van der Waals surface area contributed by atoms with Crippen molar-refractivity contribution in [1.29, 1.82) is 5.26 Å². The maximum Gasteiger partial charge on any atom is 0.407 e. The van der Waals surface area contributed by atoms with Gasteiger partial charge in [-0.3, -0.25) is 4.79 Å². The Morgan fingerprint density at radius 2 is 1.88 bits per heavy atom. The van der Waals surface area contributed by atoms with E-state index in [1.807, 2.05) is 48.5 Å². The number of nitrogens with one attached hydrogen (secondary N) is 2. The summed E-state index contributed by atoms with van der Waals surface area (Å²) in [5.41, 5.74) is 0.898. The van der Waals surface area contributed by atoms with Gasteiger partial charge in [0, 0.05) is 6.42 Å². The van der Waals surface area contributed by atoms with Crippen molar-refractivity contribution in [3.05, 3.63) is 48.0 Å². The molecular formula is C18H19N3O3. The van der Waals surface area contributed by atoms with Crippen LogP contribution in [0.5, 0.6) is 0 Å². The van der Waals surface area contributed by atoms with Gasteiger partial charge in [-0.15, -0.1) is 0 Å². The van der Waals surface area contributed by atoms with Gasteiger partial charge in [0.25, 0.3) is 0 Å². The maximum atomic E-state index is 12.3. The van der Waals surface area contributed by atoms with Crippen LogP contribution in [-0.2, 0) is 16.0 Å². The number of carbonyl (C=O) groups is 2. The molecule has 0 aliphatic heterocycles. The smallest absolute Gasteiger partial charge is 0.407 e. The van der Waals surface area contributed by atoms with Gasteiger partial charge in [-0.1, -0.05) is 42.5 Å². The van der Waals surface area contributed by atoms with Crippen LogP contribution in [0.25, 0.3) is 10.8 Å². The first-order valence-electron chi connectivity index (χ1n) is 7.55. The number of benzene rings is 2. The first kappa shape index (κ1) is 17.3. The molecule has 2 amide bonds. The minimum absolute atomic E-state index is 0.296. The molecule has 2 unspecified atom stereocenters. The van der Waals surface area contributed by atoms with Crippen molar-refractivity contribution in [3.8, 4) is 6.07 Å².